The van der Waals surface area contributed by atoms with Gasteiger partial charge in [-0.1, -0.05) is 13.8 Å². The Bertz CT molecular complexity index is 482. The summed E-state index contributed by atoms with van der Waals surface area (Å²) < 4.78 is 5.43. The fourth-order valence-corrected chi connectivity index (χ4v) is 4.11. The molecule has 4 nitrogen and oxygen atoms in total. The normalized spacial score (nSPS) is 23.6. The first kappa shape index (κ1) is 15.2. The zero-order chi connectivity index (χ0) is 14.7. The molecule has 1 aliphatic heterocycles. The average Bonchev–Trinajstić information content (AvgIpc) is 2.37. The molecule has 1 aliphatic rings. The maximum absolute atomic E-state index is 7.56. The van der Waals surface area contributed by atoms with Crippen molar-refractivity contribution in [2.24, 2.45) is 5.73 Å². The van der Waals surface area contributed by atoms with Crippen molar-refractivity contribution in [2.45, 2.75) is 30.9 Å². The van der Waals surface area contributed by atoms with E-state index in [2.05, 4.69) is 18.7 Å². The molecule has 1 saturated heterocycles. The molecule has 0 radical (unpaired) electrons. The third-order valence-electron chi connectivity index (χ3n) is 3.48. The molecule has 1 fully saturated rings. The SMILES string of the molecule is COc1ccc(C(=N)N)cc1CN1CC(C)SC(C)C1. The Labute approximate surface area is 125 Å². The molecule has 110 valence electrons. The topological polar surface area (TPSA) is 62.3 Å². The van der Waals surface area contributed by atoms with Crippen LogP contribution in [0.2, 0.25) is 0 Å². The highest BCUT2D eigenvalue weighted by Crippen LogP contribution is 2.28. The summed E-state index contributed by atoms with van der Waals surface area (Å²) in [7, 11) is 1.68. The Balaban J connectivity index is 2.18. The van der Waals surface area contributed by atoms with Crippen LogP contribution in [0.1, 0.15) is 25.0 Å². The van der Waals surface area contributed by atoms with Crippen molar-refractivity contribution in [3.63, 3.8) is 0 Å². The average molecular weight is 293 g/mol. The van der Waals surface area contributed by atoms with Gasteiger partial charge in [0.15, 0.2) is 0 Å². The minimum absolute atomic E-state index is 0.102. The van der Waals surface area contributed by atoms with Gasteiger partial charge in [-0.05, 0) is 18.2 Å². The first-order chi connectivity index (χ1) is 9.49. The Hall–Kier alpha value is -1.20. The van der Waals surface area contributed by atoms with E-state index < -0.39 is 0 Å². The van der Waals surface area contributed by atoms with Gasteiger partial charge in [-0.3, -0.25) is 10.3 Å². The van der Waals surface area contributed by atoms with Crippen LogP contribution in [0.15, 0.2) is 18.2 Å². The smallest absolute Gasteiger partial charge is 0.123 e. The first-order valence-corrected chi connectivity index (χ1v) is 7.83. The van der Waals surface area contributed by atoms with Gasteiger partial charge < -0.3 is 10.5 Å². The number of rotatable bonds is 4. The van der Waals surface area contributed by atoms with Gasteiger partial charge in [0.25, 0.3) is 0 Å². The van der Waals surface area contributed by atoms with Crippen molar-refractivity contribution >= 4 is 17.6 Å². The molecule has 0 aromatic heterocycles. The van der Waals surface area contributed by atoms with E-state index in [1.54, 1.807) is 7.11 Å². The second-order valence-electron chi connectivity index (χ2n) is 5.39. The fourth-order valence-electron chi connectivity index (χ4n) is 2.72. The standard InChI is InChI=1S/C15H23N3OS/c1-10-7-18(8-11(2)20-10)9-13-6-12(15(16)17)4-5-14(13)19-3/h4-6,10-11H,7-9H2,1-3H3,(H3,16,17). The quantitative estimate of drug-likeness (QED) is 0.660. The summed E-state index contributed by atoms with van der Waals surface area (Å²) in [5.41, 5.74) is 7.44. The van der Waals surface area contributed by atoms with Crippen molar-refractivity contribution in [3.8, 4) is 5.75 Å². The number of benzene rings is 1. The highest BCUT2D eigenvalue weighted by molar-refractivity contribution is 8.00. The minimum atomic E-state index is 0.102. The largest absolute Gasteiger partial charge is 0.496 e. The van der Waals surface area contributed by atoms with Crippen molar-refractivity contribution < 1.29 is 4.74 Å². The second kappa shape index (κ2) is 6.50. The van der Waals surface area contributed by atoms with Gasteiger partial charge in [-0.2, -0.15) is 11.8 Å². The molecule has 0 saturated carbocycles. The zero-order valence-corrected chi connectivity index (χ0v) is 13.2. The summed E-state index contributed by atoms with van der Waals surface area (Å²) in [6.45, 7) is 7.57. The molecule has 5 heteroatoms. The van der Waals surface area contributed by atoms with E-state index in [0.29, 0.717) is 10.5 Å². The number of hydrogen-bond acceptors (Lipinski definition) is 4. The third-order valence-corrected chi connectivity index (χ3v) is 4.71. The number of thioether (sulfide) groups is 1. The third kappa shape index (κ3) is 3.67. The molecule has 0 aliphatic carbocycles. The van der Waals surface area contributed by atoms with Crippen LogP contribution in [0.3, 0.4) is 0 Å². The molecule has 20 heavy (non-hydrogen) atoms. The van der Waals surface area contributed by atoms with E-state index in [1.807, 2.05) is 30.0 Å². The Morgan fingerprint density at radius 2 is 2.05 bits per heavy atom. The lowest BCUT2D eigenvalue weighted by Gasteiger charge is -2.34. The summed E-state index contributed by atoms with van der Waals surface area (Å²) in [6, 6.07) is 5.71. The number of nitrogens with two attached hydrogens (primary N) is 1. The van der Waals surface area contributed by atoms with E-state index in [0.717, 1.165) is 36.5 Å². The maximum Gasteiger partial charge on any atom is 0.123 e. The minimum Gasteiger partial charge on any atom is -0.496 e. The van der Waals surface area contributed by atoms with Crippen LogP contribution in [-0.4, -0.2) is 41.4 Å². The molecule has 0 bridgehead atoms. The predicted molar refractivity (Wildman–Crippen MR) is 85.8 cm³/mol. The van der Waals surface area contributed by atoms with Gasteiger partial charge >= 0.3 is 0 Å². The fraction of sp³-hybridized carbons (Fsp3) is 0.533. The molecule has 2 rings (SSSR count). The van der Waals surface area contributed by atoms with Crippen molar-refractivity contribution in [1.82, 2.24) is 4.90 Å². The van der Waals surface area contributed by atoms with E-state index in [-0.39, 0.29) is 5.84 Å². The molecule has 0 amide bonds. The maximum atomic E-state index is 7.56. The molecular formula is C15H23N3OS. The molecule has 3 N–H and O–H groups in total. The van der Waals surface area contributed by atoms with E-state index >= 15 is 0 Å². The number of nitrogens with one attached hydrogen (secondary N) is 1. The number of hydrogen-bond donors (Lipinski definition) is 2. The van der Waals surface area contributed by atoms with Crippen LogP contribution in [0.5, 0.6) is 5.75 Å². The lowest BCUT2D eigenvalue weighted by atomic mass is 10.1. The van der Waals surface area contributed by atoms with Crippen LogP contribution < -0.4 is 10.5 Å². The second-order valence-corrected chi connectivity index (χ2v) is 7.27. The van der Waals surface area contributed by atoms with Gasteiger partial charge in [0.05, 0.1) is 7.11 Å². The van der Waals surface area contributed by atoms with Gasteiger partial charge in [-0.25, -0.2) is 0 Å². The van der Waals surface area contributed by atoms with Crippen molar-refractivity contribution in [2.75, 3.05) is 20.2 Å². The van der Waals surface area contributed by atoms with E-state index in [9.17, 15) is 0 Å². The van der Waals surface area contributed by atoms with Crippen LogP contribution >= 0.6 is 11.8 Å². The molecule has 1 heterocycles. The Kier molecular flexibility index (Phi) is 4.94. The zero-order valence-electron chi connectivity index (χ0n) is 12.3. The van der Waals surface area contributed by atoms with Crippen LogP contribution in [0.4, 0.5) is 0 Å². The molecular weight excluding hydrogens is 270 g/mol. The van der Waals surface area contributed by atoms with Crippen LogP contribution in [0, 0.1) is 5.41 Å². The summed E-state index contributed by atoms with van der Waals surface area (Å²) in [5, 5.41) is 8.87. The number of ether oxygens (including phenoxy) is 1. The van der Waals surface area contributed by atoms with Crippen molar-refractivity contribution in [1.29, 1.82) is 5.41 Å². The summed E-state index contributed by atoms with van der Waals surface area (Å²) in [6.07, 6.45) is 0. The Morgan fingerprint density at radius 3 is 2.60 bits per heavy atom. The van der Waals surface area contributed by atoms with Gasteiger partial charge in [0, 0.05) is 41.3 Å². The predicted octanol–water partition coefficient (Wildman–Crippen LogP) is 2.31. The number of amidine groups is 1. The monoisotopic (exact) mass is 293 g/mol. The lowest BCUT2D eigenvalue weighted by molar-refractivity contribution is 0.258. The molecule has 1 aromatic rings. The first-order valence-electron chi connectivity index (χ1n) is 6.88. The van der Waals surface area contributed by atoms with Gasteiger partial charge in [-0.15, -0.1) is 0 Å². The molecule has 2 atom stereocenters. The number of nitrogen functional groups attached to an aromatic ring is 1. The van der Waals surface area contributed by atoms with Crippen molar-refractivity contribution in [3.05, 3.63) is 29.3 Å². The number of methoxy groups -OCH3 is 1. The van der Waals surface area contributed by atoms with Gasteiger partial charge in [0.2, 0.25) is 0 Å². The lowest BCUT2D eigenvalue weighted by Crippen LogP contribution is -2.39. The van der Waals surface area contributed by atoms with Gasteiger partial charge in [0.1, 0.15) is 11.6 Å². The van der Waals surface area contributed by atoms with E-state index in [4.69, 9.17) is 15.9 Å². The Morgan fingerprint density at radius 1 is 1.40 bits per heavy atom. The summed E-state index contributed by atoms with van der Waals surface area (Å²) in [5.74, 6) is 0.971. The van der Waals surface area contributed by atoms with Crippen LogP contribution in [0.25, 0.3) is 0 Å². The summed E-state index contributed by atoms with van der Waals surface area (Å²) in [4.78, 5) is 2.45. The molecule has 2 unspecified atom stereocenters. The number of nitrogens with zero attached hydrogens (tertiary/aromatic N) is 1. The molecule has 0 spiro atoms. The molecule has 1 aromatic carbocycles. The van der Waals surface area contributed by atoms with E-state index in [1.165, 1.54) is 0 Å². The highest BCUT2D eigenvalue weighted by Gasteiger charge is 2.23. The van der Waals surface area contributed by atoms with Crippen LogP contribution in [-0.2, 0) is 6.54 Å². The highest BCUT2D eigenvalue weighted by atomic mass is 32.2. The summed E-state index contributed by atoms with van der Waals surface area (Å²) >= 11 is 2.05.